The number of carbonyl (C=O) groups is 1. The van der Waals surface area contributed by atoms with Crippen molar-refractivity contribution in [3.63, 3.8) is 0 Å². The van der Waals surface area contributed by atoms with E-state index < -0.39 is 0 Å². The predicted octanol–water partition coefficient (Wildman–Crippen LogP) is 1.68. The first-order chi connectivity index (χ1) is 13.3. The molecule has 8 nitrogen and oxygen atoms in total. The number of ether oxygens (including phenoxy) is 1. The third kappa shape index (κ3) is 4.12. The molecule has 1 saturated heterocycles. The molecule has 1 fully saturated rings. The van der Waals surface area contributed by atoms with Crippen LogP contribution in [0.4, 0.5) is 11.4 Å². The lowest BCUT2D eigenvalue weighted by Gasteiger charge is -2.30. The lowest BCUT2D eigenvalue weighted by Crippen LogP contribution is -2.36. The van der Waals surface area contributed by atoms with Crippen molar-refractivity contribution in [1.82, 2.24) is 20.2 Å². The summed E-state index contributed by atoms with van der Waals surface area (Å²) in [6.45, 7) is 3.06. The Morgan fingerprint density at radius 2 is 1.85 bits per heavy atom. The Kier molecular flexibility index (Phi) is 5.06. The van der Waals surface area contributed by atoms with Crippen LogP contribution >= 0.6 is 0 Å². The molecular formula is C19H20N6O2. The van der Waals surface area contributed by atoms with Crippen molar-refractivity contribution in [2.75, 3.05) is 36.5 Å². The highest BCUT2D eigenvalue weighted by Gasteiger charge is 2.15. The Morgan fingerprint density at radius 1 is 1.07 bits per heavy atom. The van der Waals surface area contributed by atoms with E-state index in [0.717, 1.165) is 35.7 Å². The minimum atomic E-state index is -0.0501. The summed E-state index contributed by atoms with van der Waals surface area (Å²) in [6.07, 6.45) is 1.83. The molecule has 1 N–H and O–H groups in total. The van der Waals surface area contributed by atoms with Gasteiger partial charge >= 0.3 is 0 Å². The van der Waals surface area contributed by atoms with E-state index in [1.807, 2.05) is 48.5 Å². The smallest absolute Gasteiger partial charge is 0.228 e. The van der Waals surface area contributed by atoms with Gasteiger partial charge in [-0.05, 0) is 40.3 Å². The van der Waals surface area contributed by atoms with Gasteiger partial charge in [0.25, 0.3) is 0 Å². The van der Waals surface area contributed by atoms with Crippen LogP contribution in [0.2, 0.25) is 0 Å². The van der Waals surface area contributed by atoms with Crippen molar-refractivity contribution in [3.05, 3.63) is 60.4 Å². The number of rotatable bonds is 5. The number of amides is 1. The predicted molar refractivity (Wildman–Crippen MR) is 101 cm³/mol. The maximum Gasteiger partial charge on any atom is 0.228 e. The zero-order chi connectivity index (χ0) is 18.5. The first-order valence-corrected chi connectivity index (χ1v) is 8.83. The Hall–Kier alpha value is -3.26. The van der Waals surface area contributed by atoms with E-state index in [0.29, 0.717) is 19.6 Å². The molecule has 2 heterocycles. The van der Waals surface area contributed by atoms with E-state index in [9.17, 15) is 4.79 Å². The SMILES string of the molecule is O=C(Cc1ccc(-n2cnnn2)cc1)Nc1ccccc1N1CCOCC1. The molecular weight excluding hydrogens is 344 g/mol. The number of anilines is 2. The maximum absolute atomic E-state index is 12.5. The Morgan fingerprint density at radius 3 is 2.59 bits per heavy atom. The minimum Gasteiger partial charge on any atom is -0.378 e. The fourth-order valence-electron chi connectivity index (χ4n) is 3.09. The van der Waals surface area contributed by atoms with Crippen molar-refractivity contribution in [1.29, 1.82) is 0 Å². The summed E-state index contributed by atoms with van der Waals surface area (Å²) in [6, 6.07) is 15.5. The van der Waals surface area contributed by atoms with Gasteiger partial charge in [0.2, 0.25) is 5.91 Å². The number of para-hydroxylation sites is 2. The lowest BCUT2D eigenvalue weighted by atomic mass is 10.1. The third-order valence-corrected chi connectivity index (χ3v) is 4.44. The van der Waals surface area contributed by atoms with Crippen LogP contribution < -0.4 is 10.2 Å². The van der Waals surface area contributed by atoms with Gasteiger partial charge in [0.1, 0.15) is 6.33 Å². The third-order valence-electron chi connectivity index (χ3n) is 4.44. The summed E-state index contributed by atoms with van der Waals surface area (Å²) in [4.78, 5) is 14.8. The highest BCUT2D eigenvalue weighted by Crippen LogP contribution is 2.26. The molecule has 1 aliphatic heterocycles. The van der Waals surface area contributed by atoms with Crippen molar-refractivity contribution >= 4 is 17.3 Å². The number of hydrogen-bond donors (Lipinski definition) is 1. The fraction of sp³-hybridized carbons (Fsp3) is 0.263. The number of hydrogen-bond acceptors (Lipinski definition) is 6. The topological polar surface area (TPSA) is 85.2 Å². The van der Waals surface area contributed by atoms with E-state index in [1.165, 1.54) is 6.33 Å². The number of morpholine rings is 1. The van der Waals surface area contributed by atoms with E-state index in [2.05, 4.69) is 25.7 Å². The van der Waals surface area contributed by atoms with Gasteiger partial charge in [-0.3, -0.25) is 4.79 Å². The summed E-state index contributed by atoms with van der Waals surface area (Å²) in [5.74, 6) is -0.0501. The fourth-order valence-corrected chi connectivity index (χ4v) is 3.09. The molecule has 1 amide bonds. The number of nitrogens with zero attached hydrogens (tertiary/aromatic N) is 5. The number of carbonyl (C=O) groups excluding carboxylic acids is 1. The highest BCUT2D eigenvalue weighted by atomic mass is 16.5. The first kappa shape index (κ1) is 17.2. The summed E-state index contributed by atoms with van der Waals surface area (Å²) >= 11 is 0. The van der Waals surface area contributed by atoms with Crippen LogP contribution in [-0.4, -0.2) is 52.4 Å². The second-order valence-corrected chi connectivity index (χ2v) is 6.26. The zero-order valence-electron chi connectivity index (χ0n) is 14.8. The molecule has 4 rings (SSSR count). The molecule has 1 aromatic heterocycles. The molecule has 1 aliphatic rings. The summed E-state index contributed by atoms with van der Waals surface area (Å²) in [5, 5.41) is 14.1. The van der Waals surface area contributed by atoms with Gasteiger partial charge in [0, 0.05) is 13.1 Å². The molecule has 0 aliphatic carbocycles. The van der Waals surface area contributed by atoms with Gasteiger partial charge in [0.15, 0.2) is 0 Å². The molecule has 0 spiro atoms. The average molecular weight is 364 g/mol. The first-order valence-electron chi connectivity index (χ1n) is 8.83. The van der Waals surface area contributed by atoms with Crippen LogP contribution in [-0.2, 0) is 16.0 Å². The van der Waals surface area contributed by atoms with Crippen LogP contribution in [0.25, 0.3) is 5.69 Å². The van der Waals surface area contributed by atoms with Gasteiger partial charge in [0.05, 0.1) is 36.7 Å². The van der Waals surface area contributed by atoms with Gasteiger partial charge in [-0.2, -0.15) is 0 Å². The molecule has 8 heteroatoms. The van der Waals surface area contributed by atoms with E-state index in [4.69, 9.17) is 4.74 Å². The number of nitrogens with one attached hydrogen (secondary N) is 1. The molecule has 27 heavy (non-hydrogen) atoms. The van der Waals surface area contributed by atoms with Crippen LogP contribution in [0.5, 0.6) is 0 Å². The average Bonchev–Trinajstić information content (AvgIpc) is 3.24. The number of aromatic nitrogens is 4. The van der Waals surface area contributed by atoms with Crippen molar-refractivity contribution in [2.45, 2.75) is 6.42 Å². The molecule has 138 valence electrons. The largest absolute Gasteiger partial charge is 0.378 e. The van der Waals surface area contributed by atoms with Crippen LogP contribution in [0.3, 0.4) is 0 Å². The number of tetrazole rings is 1. The van der Waals surface area contributed by atoms with Gasteiger partial charge < -0.3 is 15.0 Å². The maximum atomic E-state index is 12.5. The molecule has 0 atom stereocenters. The second-order valence-electron chi connectivity index (χ2n) is 6.26. The second kappa shape index (κ2) is 7.96. The molecule has 0 unspecified atom stereocenters. The standard InChI is InChI=1S/C19H20N6O2/c26-19(13-15-5-7-16(8-6-15)25-14-20-22-23-25)21-17-3-1-2-4-18(17)24-9-11-27-12-10-24/h1-8,14H,9-13H2,(H,21,26). The molecule has 3 aromatic rings. The normalized spacial score (nSPS) is 14.1. The van der Waals surface area contributed by atoms with Crippen LogP contribution in [0.1, 0.15) is 5.56 Å². The lowest BCUT2D eigenvalue weighted by molar-refractivity contribution is -0.115. The van der Waals surface area contributed by atoms with Crippen LogP contribution in [0.15, 0.2) is 54.9 Å². The van der Waals surface area contributed by atoms with Crippen molar-refractivity contribution in [2.24, 2.45) is 0 Å². The minimum absolute atomic E-state index is 0.0501. The Labute approximate surface area is 156 Å². The van der Waals surface area contributed by atoms with Crippen LogP contribution in [0, 0.1) is 0 Å². The quantitative estimate of drug-likeness (QED) is 0.741. The van der Waals surface area contributed by atoms with E-state index in [-0.39, 0.29) is 5.91 Å². The van der Waals surface area contributed by atoms with Gasteiger partial charge in [-0.1, -0.05) is 24.3 Å². The van der Waals surface area contributed by atoms with Gasteiger partial charge in [-0.15, -0.1) is 5.10 Å². The summed E-state index contributed by atoms with van der Waals surface area (Å²) in [5.41, 5.74) is 3.63. The van der Waals surface area contributed by atoms with Gasteiger partial charge in [-0.25, -0.2) is 4.68 Å². The molecule has 0 bridgehead atoms. The monoisotopic (exact) mass is 364 g/mol. The molecule has 0 radical (unpaired) electrons. The number of benzene rings is 2. The Bertz CT molecular complexity index is 889. The molecule has 0 saturated carbocycles. The highest BCUT2D eigenvalue weighted by molar-refractivity contribution is 5.95. The summed E-state index contributed by atoms with van der Waals surface area (Å²) in [7, 11) is 0. The van der Waals surface area contributed by atoms with E-state index >= 15 is 0 Å². The Balaban J connectivity index is 1.42. The van der Waals surface area contributed by atoms with Crippen molar-refractivity contribution < 1.29 is 9.53 Å². The summed E-state index contributed by atoms with van der Waals surface area (Å²) < 4.78 is 6.99. The zero-order valence-corrected chi connectivity index (χ0v) is 14.8. The molecule has 2 aromatic carbocycles. The van der Waals surface area contributed by atoms with Crippen molar-refractivity contribution in [3.8, 4) is 5.69 Å². The van der Waals surface area contributed by atoms with E-state index in [1.54, 1.807) is 4.68 Å².